The molecule has 0 aliphatic rings. The third-order valence-corrected chi connectivity index (χ3v) is 5.94. The minimum absolute atomic E-state index is 0.184. The maximum Gasteiger partial charge on any atom is 0.272 e. The Labute approximate surface area is 211 Å². The van der Waals surface area contributed by atoms with Gasteiger partial charge in [0.1, 0.15) is 0 Å². The van der Waals surface area contributed by atoms with Crippen molar-refractivity contribution in [3.05, 3.63) is 102 Å². The molecule has 7 nitrogen and oxygen atoms in total. The number of hydrogen-bond acceptors (Lipinski definition) is 5. The van der Waals surface area contributed by atoms with Crippen LogP contribution in [-0.4, -0.2) is 27.4 Å². The van der Waals surface area contributed by atoms with Crippen molar-refractivity contribution in [3.63, 3.8) is 0 Å². The highest BCUT2D eigenvalue weighted by Gasteiger charge is 2.21. The van der Waals surface area contributed by atoms with E-state index in [4.69, 9.17) is 10.2 Å². The van der Waals surface area contributed by atoms with E-state index in [0.717, 1.165) is 47.3 Å². The van der Waals surface area contributed by atoms with Crippen molar-refractivity contribution in [2.45, 2.75) is 39.3 Å². The molecule has 0 radical (unpaired) electrons. The van der Waals surface area contributed by atoms with Gasteiger partial charge in [-0.2, -0.15) is 15.3 Å². The molecule has 0 saturated carbocycles. The van der Waals surface area contributed by atoms with Crippen molar-refractivity contribution in [2.75, 3.05) is 6.61 Å². The van der Waals surface area contributed by atoms with Gasteiger partial charge in [0, 0.05) is 30.8 Å². The van der Waals surface area contributed by atoms with E-state index in [0.29, 0.717) is 24.5 Å². The summed E-state index contributed by atoms with van der Waals surface area (Å²) in [6.07, 6.45) is 2.54. The molecule has 0 fully saturated rings. The molecule has 0 aliphatic carbocycles. The molecule has 36 heavy (non-hydrogen) atoms. The number of benzene rings is 3. The summed E-state index contributed by atoms with van der Waals surface area (Å²) in [5.41, 5.74) is 5.58. The van der Waals surface area contributed by atoms with E-state index in [1.807, 2.05) is 96.5 Å². The quantitative estimate of drug-likeness (QED) is 0.193. The van der Waals surface area contributed by atoms with Crippen LogP contribution in [-0.2, 0) is 13.1 Å². The van der Waals surface area contributed by atoms with Crippen molar-refractivity contribution < 1.29 is 9.90 Å². The second-order valence-corrected chi connectivity index (χ2v) is 8.54. The molecule has 1 aromatic heterocycles. The number of carbonyl (C=O) groups excluding carboxylic acids is 1. The zero-order valence-electron chi connectivity index (χ0n) is 20.5. The van der Waals surface area contributed by atoms with Gasteiger partial charge in [-0.05, 0) is 49.9 Å². The summed E-state index contributed by atoms with van der Waals surface area (Å²) in [7, 11) is 0. The van der Waals surface area contributed by atoms with Crippen molar-refractivity contribution in [3.8, 4) is 11.3 Å². The van der Waals surface area contributed by atoms with Crippen LogP contribution < -0.4 is 5.32 Å². The zero-order valence-corrected chi connectivity index (χ0v) is 20.5. The van der Waals surface area contributed by atoms with Gasteiger partial charge in [-0.1, -0.05) is 66.7 Å². The van der Waals surface area contributed by atoms with Crippen LogP contribution in [0.1, 0.15) is 40.9 Å². The third-order valence-electron chi connectivity index (χ3n) is 5.94. The summed E-state index contributed by atoms with van der Waals surface area (Å²) >= 11 is 0. The first kappa shape index (κ1) is 25.0. The molecule has 0 unspecified atom stereocenters. The molecular formula is C29H31N5O2. The molecule has 0 bridgehead atoms. The average molecular weight is 482 g/mol. The molecule has 0 saturated heterocycles. The van der Waals surface area contributed by atoms with Crippen LogP contribution in [0.2, 0.25) is 0 Å². The van der Waals surface area contributed by atoms with Crippen molar-refractivity contribution in [1.29, 1.82) is 0 Å². The van der Waals surface area contributed by atoms with Gasteiger partial charge in [-0.25, -0.2) is 0 Å². The lowest BCUT2D eigenvalue weighted by molar-refractivity contribution is 0.0944. The molecule has 4 rings (SSSR count). The van der Waals surface area contributed by atoms with Gasteiger partial charge in [0.05, 0.1) is 17.1 Å². The number of aromatic nitrogens is 2. The highest BCUT2D eigenvalue weighted by molar-refractivity contribution is 5.95. The third kappa shape index (κ3) is 6.31. The highest BCUT2D eigenvalue weighted by Crippen LogP contribution is 2.27. The number of nitrogens with zero attached hydrogens (tertiary/aromatic N) is 4. The predicted molar refractivity (Wildman–Crippen MR) is 142 cm³/mol. The minimum atomic E-state index is -0.228. The van der Waals surface area contributed by atoms with E-state index in [1.54, 1.807) is 0 Å². The molecule has 0 spiro atoms. The lowest BCUT2D eigenvalue weighted by atomic mass is 10.1. The molecule has 3 aromatic carbocycles. The smallest absolute Gasteiger partial charge is 0.272 e. The van der Waals surface area contributed by atoms with Crippen LogP contribution in [0.4, 0.5) is 11.4 Å². The van der Waals surface area contributed by atoms with Crippen LogP contribution >= 0.6 is 0 Å². The van der Waals surface area contributed by atoms with Gasteiger partial charge < -0.3 is 10.4 Å². The van der Waals surface area contributed by atoms with Gasteiger partial charge >= 0.3 is 0 Å². The van der Waals surface area contributed by atoms with Crippen LogP contribution in [0.5, 0.6) is 0 Å². The number of unbranched alkanes of at least 4 members (excludes halogenated alkanes) is 2. The van der Waals surface area contributed by atoms with E-state index < -0.39 is 0 Å². The zero-order chi connectivity index (χ0) is 25.2. The second kappa shape index (κ2) is 12.6. The van der Waals surface area contributed by atoms with E-state index in [1.165, 1.54) is 0 Å². The summed E-state index contributed by atoms with van der Waals surface area (Å²) in [6, 6.07) is 27.2. The number of nitrogens with one attached hydrogen (secondary N) is 1. The van der Waals surface area contributed by atoms with Crippen LogP contribution in [0, 0.1) is 6.92 Å². The van der Waals surface area contributed by atoms with E-state index in [2.05, 4.69) is 15.5 Å². The summed E-state index contributed by atoms with van der Waals surface area (Å²) in [5.74, 6) is -0.228. The standard InChI is InChI=1S/C29H31N5O2/c1-22-27(33-34(19-11-4-12-20-35)28(22)23-13-5-2-6-14-23)29(36)30-21-24-15-9-10-18-26(24)32-31-25-16-7-3-8-17-25/h2-3,5-10,13-18,35H,4,11-12,19-21H2,1H3,(H,30,36). The van der Waals surface area contributed by atoms with Crippen LogP contribution in [0.25, 0.3) is 11.3 Å². The fraction of sp³-hybridized carbons (Fsp3) is 0.241. The fourth-order valence-corrected chi connectivity index (χ4v) is 4.06. The average Bonchev–Trinajstić information content (AvgIpc) is 3.26. The number of hydrogen-bond donors (Lipinski definition) is 2. The second-order valence-electron chi connectivity index (χ2n) is 8.54. The van der Waals surface area contributed by atoms with Gasteiger partial charge in [-0.15, -0.1) is 0 Å². The Hall–Kier alpha value is -4.10. The Morgan fingerprint density at radius 3 is 2.33 bits per heavy atom. The number of carbonyl (C=O) groups is 1. The number of aliphatic hydroxyl groups is 1. The Morgan fingerprint density at radius 1 is 0.889 bits per heavy atom. The number of aryl methyl sites for hydroxylation is 1. The largest absolute Gasteiger partial charge is 0.396 e. The molecule has 0 atom stereocenters. The molecule has 2 N–H and O–H groups in total. The Kier molecular flexibility index (Phi) is 8.72. The fourth-order valence-electron chi connectivity index (χ4n) is 4.06. The Bertz CT molecular complexity index is 1300. The Morgan fingerprint density at radius 2 is 1.58 bits per heavy atom. The number of rotatable bonds is 11. The van der Waals surface area contributed by atoms with Crippen LogP contribution in [0.3, 0.4) is 0 Å². The maximum absolute atomic E-state index is 13.2. The first-order valence-electron chi connectivity index (χ1n) is 12.2. The number of amides is 1. The molecular weight excluding hydrogens is 450 g/mol. The van der Waals surface area contributed by atoms with Crippen molar-refractivity contribution >= 4 is 17.3 Å². The van der Waals surface area contributed by atoms with Crippen molar-refractivity contribution in [2.24, 2.45) is 10.2 Å². The van der Waals surface area contributed by atoms with Crippen molar-refractivity contribution in [1.82, 2.24) is 15.1 Å². The molecule has 4 aromatic rings. The molecule has 1 heterocycles. The minimum Gasteiger partial charge on any atom is -0.396 e. The summed E-state index contributed by atoms with van der Waals surface area (Å²) in [4.78, 5) is 13.2. The normalized spacial score (nSPS) is 11.2. The molecule has 0 aliphatic heterocycles. The van der Waals surface area contributed by atoms with Gasteiger partial charge in [0.2, 0.25) is 0 Å². The summed E-state index contributed by atoms with van der Waals surface area (Å²) < 4.78 is 1.92. The summed E-state index contributed by atoms with van der Waals surface area (Å²) in [5, 5.41) is 25.5. The first-order chi connectivity index (χ1) is 17.7. The predicted octanol–water partition coefficient (Wildman–Crippen LogP) is 6.37. The number of aliphatic hydroxyl groups excluding tert-OH is 1. The van der Waals surface area contributed by atoms with E-state index in [9.17, 15) is 4.79 Å². The molecule has 184 valence electrons. The van der Waals surface area contributed by atoms with Gasteiger partial charge in [0.15, 0.2) is 5.69 Å². The van der Waals surface area contributed by atoms with E-state index >= 15 is 0 Å². The first-order valence-corrected chi connectivity index (χ1v) is 12.2. The topological polar surface area (TPSA) is 91.9 Å². The van der Waals surface area contributed by atoms with Crippen LogP contribution in [0.15, 0.2) is 95.2 Å². The molecule has 7 heteroatoms. The SMILES string of the molecule is Cc1c(C(=O)NCc2ccccc2N=Nc2ccccc2)nn(CCCCCO)c1-c1ccccc1. The molecule has 1 amide bonds. The van der Waals surface area contributed by atoms with Gasteiger partial charge in [0.25, 0.3) is 5.91 Å². The maximum atomic E-state index is 13.2. The highest BCUT2D eigenvalue weighted by atomic mass is 16.2. The van der Waals surface area contributed by atoms with Gasteiger partial charge in [-0.3, -0.25) is 9.48 Å². The Balaban J connectivity index is 1.52. The summed E-state index contributed by atoms with van der Waals surface area (Å²) in [6.45, 7) is 3.12. The van der Waals surface area contributed by atoms with E-state index in [-0.39, 0.29) is 12.5 Å². The monoisotopic (exact) mass is 481 g/mol. The number of azo groups is 1. The lowest BCUT2D eigenvalue weighted by Gasteiger charge is -2.08. The lowest BCUT2D eigenvalue weighted by Crippen LogP contribution is -2.24.